The van der Waals surface area contributed by atoms with Crippen LogP contribution in [-0.4, -0.2) is 36.0 Å². The molecule has 0 bridgehead atoms. The molecule has 6 nitrogen and oxygen atoms in total. The quantitative estimate of drug-likeness (QED) is 0.528. The van der Waals surface area contributed by atoms with Gasteiger partial charge in [0.1, 0.15) is 11.5 Å². The Bertz CT molecular complexity index is 779. The molecule has 2 aromatic rings. The van der Waals surface area contributed by atoms with Crippen molar-refractivity contribution in [3.05, 3.63) is 47.2 Å². The van der Waals surface area contributed by atoms with Crippen molar-refractivity contribution in [3.63, 3.8) is 0 Å². The minimum absolute atomic E-state index is 0.457. The van der Waals surface area contributed by atoms with Gasteiger partial charge in [-0.3, -0.25) is 9.59 Å². The van der Waals surface area contributed by atoms with Crippen LogP contribution in [0.1, 0.15) is 18.6 Å². The maximum absolute atomic E-state index is 11.8. The number of carbonyl (C=O) groups excluding carboxylic acids is 2. The van der Waals surface area contributed by atoms with Crippen molar-refractivity contribution >= 4 is 29.6 Å². The number of halogens is 1. The van der Waals surface area contributed by atoms with Gasteiger partial charge in [-0.15, -0.1) is 0 Å². The molecule has 1 N–H and O–H groups in total. The van der Waals surface area contributed by atoms with Gasteiger partial charge in [-0.25, -0.2) is 5.43 Å². The number of benzene rings is 1. The summed E-state index contributed by atoms with van der Waals surface area (Å²) in [7, 11) is 0. The number of carbonyl (C=O) groups is 2. The standard InChI is InChI=1S/C17H16ClN3O3/c18-13-5-3-4-12(10-13)15-7-6-14(24-15)11-19-20-16(22)17(23)21-8-1-2-9-21/h3-7,10-11H,1-2,8-9H2,(H,20,22)/b19-11+. The van der Waals surface area contributed by atoms with Crippen molar-refractivity contribution in [2.75, 3.05) is 13.1 Å². The number of furan rings is 1. The minimum atomic E-state index is -0.741. The predicted octanol–water partition coefficient (Wildman–Crippen LogP) is 2.67. The lowest BCUT2D eigenvalue weighted by Crippen LogP contribution is -2.39. The smallest absolute Gasteiger partial charge is 0.329 e. The summed E-state index contributed by atoms with van der Waals surface area (Å²) < 4.78 is 5.61. The number of rotatable bonds is 3. The van der Waals surface area contributed by atoms with E-state index in [0.717, 1.165) is 18.4 Å². The van der Waals surface area contributed by atoms with Crippen molar-refractivity contribution in [2.45, 2.75) is 12.8 Å². The third-order valence-electron chi connectivity index (χ3n) is 3.68. The molecular formula is C17H16ClN3O3. The van der Waals surface area contributed by atoms with Crippen LogP contribution in [0.25, 0.3) is 11.3 Å². The van der Waals surface area contributed by atoms with E-state index in [-0.39, 0.29) is 0 Å². The fourth-order valence-electron chi connectivity index (χ4n) is 2.49. The van der Waals surface area contributed by atoms with Crippen molar-refractivity contribution < 1.29 is 14.0 Å². The molecule has 1 aliphatic heterocycles. The summed E-state index contributed by atoms with van der Waals surface area (Å²) in [5.41, 5.74) is 3.07. The zero-order chi connectivity index (χ0) is 16.9. The summed E-state index contributed by atoms with van der Waals surface area (Å²) in [5.74, 6) is -0.198. The van der Waals surface area contributed by atoms with Crippen LogP contribution in [0.3, 0.4) is 0 Å². The van der Waals surface area contributed by atoms with Crippen LogP contribution < -0.4 is 5.43 Å². The summed E-state index contributed by atoms with van der Waals surface area (Å²) in [4.78, 5) is 25.1. The molecule has 7 heteroatoms. The first kappa shape index (κ1) is 16.3. The third kappa shape index (κ3) is 3.83. The highest BCUT2D eigenvalue weighted by Crippen LogP contribution is 2.24. The molecule has 0 unspecified atom stereocenters. The molecule has 0 aliphatic carbocycles. The van der Waals surface area contributed by atoms with E-state index >= 15 is 0 Å². The maximum atomic E-state index is 11.8. The number of nitrogens with one attached hydrogen (secondary N) is 1. The van der Waals surface area contributed by atoms with E-state index in [9.17, 15) is 9.59 Å². The second-order valence-electron chi connectivity index (χ2n) is 5.41. The van der Waals surface area contributed by atoms with E-state index in [1.165, 1.54) is 11.1 Å². The van der Waals surface area contributed by atoms with Gasteiger partial charge >= 0.3 is 11.8 Å². The van der Waals surface area contributed by atoms with Gasteiger partial charge in [-0.1, -0.05) is 23.7 Å². The van der Waals surface area contributed by atoms with Gasteiger partial charge in [-0.05, 0) is 37.1 Å². The zero-order valence-corrected chi connectivity index (χ0v) is 13.6. The molecule has 1 aromatic carbocycles. The molecule has 2 amide bonds. The molecule has 1 saturated heterocycles. The Labute approximate surface area is 144 Å². The molecule has 1 aromatic heterocycles. The zero-order valence-electron chi connectivity index (χ0n) is 12.9. The summed E-state index contributed by atoms with van der Waals surface area (Å²) in [5, 5.41) is 4.38. The highest BCUT2D eigenvalue weighted by Gasteiger charge is 2.23. The van der Waals surface area contributed by atoms with Crippen LogP contribution in [0.4, 0.5) is 0 Å². The van der Waals surface area contributed by atoms with E-state index in [0.29, 0.717) is 29.6 Å². The number of hydrogen-bond acceptors (Lipinski definition) is 4. The maximum Gasteiger partial charge on any atom is 0.329 e. The van der Waals surface area contributed by atoms with Gasteiger partial charge in [-0.2, -0.15) is 5.10 Å². The molecule has 0 spiro atoms. The van der Waals surface area contributed by atoms with Crippen LogP contribution in [-0.2, 0) is 9.59 Å². The first-order chi connectivity index (χ1) is 11.6. The molecule has 24 heavy (non-hydrogen) atoms. The Morgan fingerprint density at radius 3 is 2.75 bits per heavy atom. The second-order valence-corrected chi connectivity index (χ2v) is 5.85. The fourth-order valence-corrected chi connectivity index (χ4v) is 2.68. The van der Waals surface area contributed by atoms with Gasteiger partial charge in [0.2, 0.25) is 0 Å². The third-order valence-corrected chi connectivity index (χ3v) is 3.92. The average Bonchev–Trinajstić information content (AvgIpc) is 3.26. The van der Waals surface area contributed by atoms with Crippen molar-refractivity contribution in [3.8, 4) is 11.3 Å². The number of hydrazone groups is 1. The number of nitrogens with zero attached hydrogens (tertiary/aromatic N) is 2. The second kappa shape index (κ2) is 7.31. The van der Waals surface area contributed by atoms with Crippen molar-refractivity contribution in [1.82, 2.24) is 10.3 Å². The molecule has 124 valence electrons. The summed E-state index contributed by atoms with van der Waals surface area (Å²) >= 11 is 5.95. The lowest BCUT2D eigenvalue weighted by atomic mass is 10.2. The Hall–Kier alpha value is -2.60. The fraction of sp³-hybridized carbons (Fsp3) is 0.235. The molecule has 0 radical (unpaired) electrons. The highest BCUT2D eigenvalue weighted by atomic mass is 35.5. The molecule has 0 atom stereocenters. The van der Waals surface area contributed by atoms with Crippen molar-refractivity contribution in [2.24, 2.45) is 5.10 Å². The molecular weight excluding hydrogens is 330 g/mol. The topological polar surface area (TPSA) is 74.9 Å². The summed E-state index contributed by atoms with van der Waals surface area (Å²) in [6.45, 7) is 1.24. The highest BCUT2D eigenvalue weighted by molar-refractivity contribution is 6.35. The Balaban J connectivity index is 1.59. The number of hydrogen-bond donors (Lipinski definition) is 1. The van der Waals surface area contributed by atoms with Crippen molar-refractivity contribution in [1.29, 1.82) is 0 Å². The summed E-state index contributed by atoms with van der Waals surface area (Å²) in [6, 6.07) is 10.8. The van der Waals surface area contributed by atoms with E-state index in [2.05, 4.69) is 10.5 Å². The molecule has 3 rings (SSSR count). The molecule has 2 heterocycles. The van der Waals surface area contributed by atoms with E-state index in [1.54, 1.807) is 24.3 Å². The van der Waals surface area contributed by atoms with Gasteiger partial charge in [0.15, 0.2) is 0 Å². The predicted molar refractivity (Wildman–Crippen MR) is 90.7 cm³/mol. The van der Waals surface area contributed by atoms with E-state index in [1.807, 2.05) is 12.1 Å². The monoisotopic (exact) mass is 345 g/mol. The lowest BCUT2D eigenvalue weighted by Gasteiger charge is -2.12. The lowest BCUT2D eigenvalue weighted by molar-refractivity contribution is -0.145. The summed E-state index contributed by atoms with van der Waals surface area (Å²) in [6.07, 6.45) is 3.21. The minimum Gasteiger partial charge on any atom is -0.455 e. The van der Waals surface area contributed by atoms with Gasteiger partial charge in [0.05, 0.1) is 6.21 Å². The van der Waals surface area contributed by atoms with E-state index < -0.39 is 11.8 Å². The van der Waals surface area contributed by atoms with Gasteiger partial charge in [0.25, 0.3) is 0 Å². The normalized spacial score (nSPS) is 14.3. The Morgan fingerprint density at radius 2 is 2.00 bits per heavy atom. The SMILES string of the molecule is O=C(N/N=C/c1ccc(-c2cccc(Cl)c2)o1)C(=O)N1CCCC1. The van der Waals surface area contributed by atoms with Gasteiger partial charge < -0.3 is 9.32 Å². The van der Waals surface area contributed by atoms with Gasteiger partial charge in [0, 0.05) is 23.7 Å². The first-order valence-electron chi connectivity index (χ1n) is 7.61. The van der Waals surface area contributed by atoms with Crippen LogP contribution in [0, 0.1) is 0 Å². The van der Waals surface area contributed by atoms with Crippen LogP contribution in [0.2, 0.25) is 5.02 Å². The number of amides is 2. The van der Waals surface area contributed by atoms with Crippen LogP contribution >= 0.6 is 11.6 Å². The number of likely N-dealkylation sites (tertiary alicyclic amines) is 1. The Kier molecular flexibility index (Phi) is 4.96. The Morgan fingerprint density at radius 1 is 1.21 bits per heavy atom. The van der Waals surface area contributed by atoms with Crippen LogP contribution in [0.5, 0.6) is 0 Å². The molecule has 1 fully saturated rings. The largest absolute Gasteiger partial charge is 0.455 e. The first-order valence-corrected chi connectivity index (χ1v) is 7.99. The van der Waals surface area contributed by atoms with E-state index in [4.69, 9.17) is 16.0 Å². The average molecular weight is 346 g/mol. The molecule has 1 aliphatic rings. The van der Waals surface area contributed by atoms with Crippen LogP contribution in [0.15, 0.2) is 45.9 Å². The molecule has 0 saturated carbocycles.